The van der Waals surface area contributed by atoms with Crippen molar-refractivity contribution in [2.75, 3.05) is 7.05 Å². The summed E-state index contributed by atoms with van der Waals surface area (Å²) in [5, 5.41) is 8.45. The molecule has 5 heteroatoms. The van der Waals surface area contributed by atoms with Crippen LogP contribution in [0.25, 0.3) is 11.0 Å². The molecule has 1 aromatic carbocycles. The van der Waals surface area contributed by atoms with Crippen molar-refractivity contribution in [1.82, 2.24) is 15.1 Å². The Morgan fingerprint density at radius 1 is 1.33 bits per heavy atom. The summed E-state index contributed by atoms with van der Waals surface area (Å²) in [7, 11) is 3.77. The van der Waals surface area contributed by atoms with Crippen LogP contribution in [0, 0.1) is 19.7 Å². The van der Waals surface area contributed by atoms with Gasteiger partial charge in [-0.3, -0.25) is 4.68 Å². The summed E-state index contributed by atoms with van der Waals surface area (Å²) in [6.45, 7) is 3.98. The average molecular weight is 287 g/mol. The van der Waals surface area contributed by atoms with Crippen molar-refractivity contribution < 1.29 is 8.81 Å². The molecule has 1 atom stereocenters. The topological polar surface area (TPSA) is 43.0 Å². The molecule has 0 aliphatic rings. The number of halogens is 1. The molecule has 0 fully saturated rings. The first-order chi connectivity index (χ1) is 10.0. The van der Waals surface area contributed by atoms with Gasteiger partial charge in [-0.05, 0) is 33.0 Å². The number of furan rings is 1. The van der Waals surface area contributed by atoms with Crippen molar-refractivity contribution >= 4 is 11.0 Å². The highest BCUT2D eigenvalue weighted by molar-refractivity contribution is 5.78. The van der Waals surface area contributed by atoms with Crippen molar-refractivity contribution in [3.05, 3.63) is 52.8 Å². The Bertz CT molecular complexity index is 803. The Morgan fingerprint density at radius 3 is 2.67 bits per heavy atom. The standard InChI is InChI=1S/C16H18FN3O/c1-9-14(10(2)20(4)19-9)15(18-3)13-8-11-6-5-7-12(17)16(11)21-13/h5-8,15,18H,1-4H3. The highest BCUT2D eigenvalue weighted by Gasteiger charge is 2.24. The van der Waals surface area contributed by atoms with Crippen molar-refractivity contribution in [1.29, 1.82) is 0 Å². The molecule has 3 rings (SSSR count). The molecule has 4 nitrogen and oxygen atoms in total. The lowest BCUT2D eigenvalue weighted by Crippen LogP contribution is -2.18. The smallest absolute Gasteiger partial charge is 0.169 e. The Morgan fingerprint density at radius 2 is 2.10 bits per heavy atom. The minimum absolute atomic E-state index is 0.148. The zero-order chi connectivity index (χ0) is 15.1. The first-order valence-corrected chi connectivity index (χ1v) is 6.88. The number of nitrogens with zero attached hydrogens (tertiary/aromatic N) is 2. The van der Waals surface area contributed by atoms with Gasteiger partial charge in [0.1, 0.15) is 5.76 Å². The number of para-hydroxylation sites is 1. The van der Waals surface area contributed by atoms with E-state index in [9.17, 15) is 4.39 Å². The monoisotopic (exact) mass is 287 g/mol. The molecule has 3 aromatic rings. The Balaban J connectivity index is 2.16. The van der Waals surface area contributed by atoms with E-state index >= 15 is 0 Å². The summed E-state index contributed by atoms with van der Waals surface area (Å²) in [5.41, 5.74) is 3.37. The van der Waals surface area contributed by atoms with Crippen LogP contribution in [0.4, 0.5) is 4.39 Å². The third-order valence-electron chi connectivity index (χ3n) is 3.94. The molecular weight excluding hydrogens is 269 g/mol. The van der Waals surface area contributed by atoms with E-state index < -0.39 is 0 Å². The molecule has 110 valence electrons. The van der Waals surface area contributed by atoms with E-state index in [0.29, 0.717) is 11.3 Å². The lowest BCUT2D eigenvalue weighted by atomic mass is 10.0. The van der Waals surface area contributed by atoms with Crippen LogP contribution in [0.3, 0.4) is 0 Å². The SMILES string of the molecule is CNC(c1cc2cccc(F)c2o1)c1c(C)nn(C)c1C. The van der Waals surface area contributed by atoms with E-state index in [1.165, 1.54) is 6.07 Å². The van der Waals surface area contributed by atoms with E-state index in [1.54, 1.807) is 6.07 Å². The van der Waals surface area contributed by atoms with Gasteiger partial charge in [-0.25, -0.2) is 4.39 Å². The second-order valence-corrected chi connectivity index (χ2v) is 5.24. The second kappa shape index (κ2) is 5.00. The zero-order valence-electron chi connectivity index (χ0n) is 12.6. The molecule has 21 heavy (non-hydrogen) atoms. The fourth-order valence-electron chi connectivity index (χ4n) is 2.83. The van der Waals surface area contributed by atoms with E-state index in [0.717, 1.165) is 22.3 Å². The molecule has 1 unspecified atom stereocenters. The molecular formula is C16H18FN3O. The van der Waals surface area contributed by atoms with E-state index in [1.807, 2.05) is 44.8 Å². The van der Waals surface area contributed by atoms with Crippen molar-refractivity contribution in [3.8, 4) is 0 Å². The maximum Gasteiger partial charge on any atom is 0.169 e. The molecule has 2 heterocycles. The molecule has 0 aliphatic carbocycles. The van der Waals surface area contributed by atoms with Gasteiger partial charge < -0.3 is 9.73 Å². The highest BCUT2D eigenvalue weighted by Crippen LogP contribution is 2.32. The number of fused-ring (bicyclic) bond motifs is 1. The molecule has 1 N–H and O–H groups in total. The third kappa shape index (κ3) is 2.14. The molecule has 0 aliphatic heterocycles. The summed E-state index contributed by atoms with van der Waals surface area (Å²) in [6.07, 6.45) is 0. The van der Waals surface area contributed by atoms with E-state index in [4.69, 9.17) is 4.42 Å². The molecule has 0 saturated heterocycles. The number of hydrogen-bond acceptors (Lipinski definition) is 3. The highest BCUT2D eigenvalue weighted by atomic mass is 19.1. The number of nitrogens with one attached hydrogen (secondary N) is 1. The van der Waals surface area contributed by atoms with Crippen LogP contribution in [0.15, 0.2) is 28.7 Å². The quantitative estimate of drug-likeness (QED) is 0.804. The zero-order valence-corrected chi connectivity index (χ0v) is 12.6. The molecule has 2 aromatic heterocycles. The van der Waals surface area contributed by atoms with Crippen LogP contribution in [0.5, 0.6) is 0 Å². The predicted molar refractivity (Wildman–Crippen MR) is 79.8 cm³/mol. The number of hydrogen-bond donors (Lipinski definition) is 1. The van der Waals surface area contributed by atoms with Gasteiger partial charge in [0.2, 0.25) is 0 Å². The normalized spacial score (nSPS) is 13.0. The predicted octanol–water partition coefficient (Wildman–Crippen LogP) is 3.23. The summed E-state index contributed by atoms with van der Waals surface area (Å²) in [5.74, 6) is 0.352. The largest absolute Gasteiger partial charge is 0.456 e. The summed E-state index contributed by atoms with van der Waals surface area (Å²) in [4.78, 5) is 0. The maximum absolute atomic E-state index is 13.8. The Kier molecular flexibility index (Phi) is 3.29. The fraction of sp³-hybridized carbons (Fsp3) is 0.312. The number of rotatable bonds is 3. The van der Waals surface area contributed by atoms with Crippen molar-refractivity contribution in [3.63, 3.8) is 0 Å². The summed E-state index contributed by atoms with van der Waals surface area (Å²) in [6, 6.07) is 6.67. The minimum atomic E-state index is -0.340. The van der Waals surface area contributed by atoms with Crippen LogP contribution < -0.4 is 5.32 Å². The van der Waals surface area contributed by atoms with Crippen molar-refractivity contribution in [2.24, 2.45) is 7.05 Å². The lowest BCUT2D eigenvalue weighted by Gasteiger charge is -2.14. The Labute approximate surface area is 122 Å². The summed E-state index contributed by atoms with van der Waals surface area (Å²) >= 11 is 0. The van der Waals surface area contributed by atoms with Crippen LogP contribution in [0.1, 0.15) is 28.8 Å². The molecule has 0 bridgehead atoms. The molecule has 0 amide bonds. The van der Waals surface area contributed by atoms with Gasteiger partial charge in [-0.15, -0.1) is 0 Å². The number of benzene rings is 1. The fourth-order valence-corrected chi connectivity index (χ4v) is 2.83. The van der Waals surface area contributed by atoms with Gasteiger partial charge in [0, 0.05) is 23.7 Å². The minimum Gasteiger partial charge on any atom is -0.456 e. The van der Waals surface area contributed by atoms with Gasteiger partial charge in [0.25, 0.3) is 0 Å². The molecule has 0 radical (unpaired) electrons. The summed E-state index contributed by atoms with van der Waals surface area (Å²) < 4.78 is 21.4. The average Bonchev–Trinajstić information content (AvgIpc) is 2.97. The maximum atomic E-state index is 13.8. The van der Waals surface area contributed by atoms with Gasteiger partial charge in [0.05, 0.1) is 11.7 Å². The van der Waals surface area contributed by atoms with Crippen LogP contribution in [-0.4, -0.2) is 16.8 Å². The first-order valence-electron chi connectivity index (χ1n) is 6.88. The van der Waals surface area contributed by atoms with Gasteiger partial charge in [-0.2, -0.15) is 5.10 Å². The van der Waals surface area contributed by atoms with Crippen LogP contribution in [-0.2, 0) is 7.05 Å². The van der Waals surface area contributed by atoms with Gasteiger partial charge in [-0.1, -0.05) is 12.1 Å². The van der Waals surface area contributed by atoms with Gasteiger partial charge in [0.15, 0.2) is 11.4 Å². The number of aromatic nitrogens is 2. The molecule has 0 spiro atoms. The third-order valence-corrected chi connectivity index (χ3v) is 3.94. The van der Waals surface area contributed by atoms with E-state index in [2.05, 4.69) is 10.4 Å². The lowest BCUT2D eigenvalue weighted by molar-refractivity contribution is 0.474. The first kappa shape index (κ1) is 13.8. The van der Waals surface area contributed by atoms with Gasteiger partial charge >= 0.3 is 0 Å². The molecule has 0 saturated carbocycles. The Hall–Kier alpha value is -2.14. The number of aryl methyl sites for hydroxylation is 2. The van der Waals surface area contributed by atoms with Crippen LogP contribution >= 0.6 is 0 Å². The van der Waals surface area contributed by atoms with E-state index in [-0.39, 0.29) is 11.9 Å². The second-order valence-electron chi connectivity index (χ2n) is 5.24. The van der Waals surface area contributed by atoms with Crippen molar-refractivity contribution in [2.45, 2.75) is 19.9 Å². The van der Waals surface area contributed by atoms with Crippen LogP contribution in [0.2, 0.25) is 0 Å².